The summed E-state index contributed by atoms with van der Waals surface area (Å²) in [5, 5.41) is 13.3. The van der Waals surface area contributed by atoms with Gasteiger partial charge in [-0.3, -0.25) is 4.79 Å². The largest absolute Gasteiger partial charge is 0.480 e. The average molecular weight is 492 g/mol. The van der Waals surface area contributed by atoms with Crippen molar-refractivity contribution in [2.45, 2.75) is 56.8 Å². The van der Waals surface area contributed by atoms with Crippen molar-refractivity contribution in [3.8, 4) is 11.1 Å². The molecule has 0 saturated heterocycles. The van der Waals surface area contributed by atoms with Crippen molar-refractivity contribution in [2.75, 3.05) is 6.61 Å². The summed E-state index contributed by atoms with van der Waals surface area (Å²) in [7, 11) is 0. The van der Waals surface area contributed by atoms with Crippen molar-refractivity contribution in [1.29, 1.82) is 0 Å². The Morgan fingerprint density at radius 3 is 2.06 bits per heavy atom. The van der Waals surface area contributed by atoms with Gasteiger partial charge in [-0.05, 0) is 28.7 Å². The molecule has 1 unspecified atom stereocenters. The smallest absolute Gasteiger partial charge is 0.407 e. The highest BCUT2D eigenvalue weighted by molar-refractivity contribution is 5.89. The van der Waals surface area contributed by atoms with Crippen LogP contribution in [0.5, 0.6) is 0 Å². The van der Waals surface area contributed by atoms with Gasteiger partial charge in [0, 0.05) is 5.92 Å². The quantitative estimate of drug-likeness (QED) is 0.450. The molecule has 0 fully saturated rings. The maximum absolute atomic E-state index is 12.7. The van der Waals surface area contributed by atoms with Gasteiger partial charge in [0.2, 0.25) is 5.91 Å². The van der Waals surface area contributed by atoms with Crippen LogP contribution in [0, 0.1) is 0 Å². The van der Waals surface area contributed by atoms with Crippen LogP contribution in [0.1, 0.15) is 49.7 Å². The summed E-state index contributed by atoms with van der Waals surface area (Å²) >= 11 is 0. The van der Waals surface area contributed by atoms with Crippen LogP contribution in [0.15, 0.2) is 48.5 Å². The number of carboxylic acids is 1. The summed E-state index contributed by atoms with van der Waals surface area (Å²) < 4.78 is 43.5. The molecule has 7 nitrogen and oxygen atoms in total. The molecule has 2 atom stereocenters. The van der Waals surface area contributed by atoms with E-state index in [9.17, 15) is 27.6 Å². The third-order valence-electron chi connectivity index (χ3n) is 5.85. The van der Waals surface area contributed by atoms with E-state index in [1.165, 1.54) is 0 Å². The second-order valence-corrected chi connectivity index (χ2v) is 8.38. The number of hydrogen-bond donors (Lipinski definition) is 3. The fourth-order valence-electron chi connectivity index (χ4n) is 4.16. The first kappa shape index (κ1) is 26.1. The maximum Gasteiger partial charge on any atom is 0.407 e. The molecule has 1 aliphatic carbocycles. The van der Waals surface area contributed by atoms with Crippen LogP contribution < -0.4 is 10.6 Å². The zero-order chi connectivity index (χ0) is 25.6. The maximum atomic E-state index is 12.7. The molecule has 0 bridgehead atoms. The molecular formula is C25H27F3N2O5. The Bertz CT molecular complexity index is 1030. The zero-order valence-electron chi connectivity index (χ0n) is 19.1. The lowest BCUT2D eigenvalue weighted by Gasteiger charge is -2.22. The van der Waals surface area contributed by atoms with Gasteiger partial charge in [-0.1, -0.05) is 68.3 Å². The number of aliphatic carboxylic acids is 1. The minimum atomic E-state index is -4.78. The number of halogens is 3. The lowest BCUT2D eigenvalue weighted by Crippen LogP contribution is -2.52. The van der Waals surface area contributed by atoms with Crippen LogP contribution in [-0.2, 0) is 14.3 Å². The van der Waals surface area contributed by atoms with Gasteiger partial charge >= 0.3 is 18.2 Å². The lowest BCUT2D eigenvalue weighted by atomic mass is 9.98. The third kappa shape index (κ3) is 6.74. The van der Waals surface area contributed by atoms with Gasteiger partial charge in [-0.2, -0.15) is 13.2 Å². The molecule has 0 radical (unpaired) electrons. The minimum Gasteiger partial charge on any atom is -0.480 e. The second kappa shape index (κ2) is 11.2. The number of ether oxygens (including phenoxy) is 1. The van der Waals surface area contributed by atoms with Crippen molar-refractivity contribution in [2.24, 2.45) is 0 Å². The standard InChI is InChI=1S/C25H27F3N2O5/c1-2-3-12-20(22(31)29-21(23(32)33)13-25(26,27)28)30-24(34)35-14-19-17-10-6-4-8-15(17)16-9-5-7-11-18(16)19/h4-11,19-21H,2-3,12-14H2,1H3,(H,29,31)(H,30,34)(H,32,33)/t20-,21?/m0/s1. The summed E-state index contributed by atoms with van der Waals surface area (Å²) in [6.07, 6.45) is -6.16. The highest BCUT2D eigenvalue weighted by atomic mass is 19.4. The van der Waals surface area contributed by atoms with E-state index in [0.717, 1.165) is 22.3 Å². The summed E-state index contributed by atoms with van der Waals surface area (Å²) in [6, 6.07) is 12.1. The minimum absolute atomic E-state index is 0.00615. The Labute approximate surface area is 200 Å². The third-order valence-corrected chi connectivity index (χ3v) is 5.85. The van der Waals surface area contributed by atoms with Crippen molar-refractivity contribution in [3.63, 3.8) is 0 Å². The van der Waals surface area contributed by atoms with Gasteiger partial charge in [0.05, 0.1) is 6.42 Å². The number of benzene rings is 2. The van der Waals surface area contributed by atoms with Crippen LogP contribution in [0.3, 0.4) is 0 Å². The van der Waals surface area contributed by atoms with E-state index >= 15 is 0 Å². The zero-order valence-corrected chi connectivity index (χ0v) is 19.1. The number of rotatable bonds is 10. The molecule has 35 heavy (non-hydrogen) atoms. The Morgan fingerprint density at radius 2 is 1.54 bits per heavy atom. The number of carbonyl (C=O) groups excluding carboxylic acids is 2. The SMILES string of the molecule is CCCC[C@H](NC(=O)OCC1c2ccccc2-c2ccccc21)C(=O)NC(CC(F)(F)F)C(=O)O. The molecule has 2 aromatic carbocycles. The van der Waals surface area contributed by atoms with E-state index in [-0.39, 0.29) is 18.9 Å². The van der Waals surface area contributed by atoms with E-state index in [2.05, 4.69) is 5.32 Å². The normalized spacial score (nSPS) is 14.4. The highest BCUT2D eigenvalue weighted by Crippen LogP contribution is 2.44. The van der Waals surface area contributed by atoms with Gasteiger partial charge in [-0.15, -0.1) is 0 Å². The molecule has 0 aromatic heterocycles. The second-order valence-electron chi connectivity index (χ2n) is 8.38. The molecule has 1 aliphatic rings. The van der Waals surface area contributed by atoms with Gasteiger partial charge < -0.3 is 20.5 Å². The number of hydrogen-bond acceptors (Lipinski definition) is 4. The molecule has 0 heterocycles. The van der Waals surface area contributed by atoms with E-state index in [0.29, 0.717) is 12.8 Å². The van der Waals surface area contributed by atoms with E-state index in [4.69, 9.17) is 9.84 Å². The van der Waals surface area contributed by atoms with Crippen LogP contribution >= 0.6 is 0 Å². The molecule has 0 aliphatic heterocycles. The van der Waals surface area contributed by atoms with Crippen molar-refractivity contribution >= 4 is 18.0 Å². The highest BCUT2D eigenvalue weighted by Gasteiger charge is 2.37. The van der Waals surface area contributed by atoms with Gasteiger partial charge in [-0.25, -0.2) is 9.59 Å². The predicted molar refractivity (Wildman–Crippen MR) is 122 cm³/mol. The molecule has 3 rings (SSSR count). The summed E-state index contributed by atoms with van der Waals surface area (Å²) in [6.45, 7) is 1.83. The number of fused-ring (bicyclic) bond motifs is 3. The Morgan fingerprint density at radius 1 is 0.971 bits per heavy atom. The number of alkyl carbamates (subject to hydrolysis) is 1. The van der Waals surface area contributed by atoms with E-state index in [1.807, 2.05) is 60.8 Å². The molecule has 0 spiro atoms. The fraction of sp³-hybridized carbons (Fsp3) is 0.400. The topological polar surface area (TPSA) is 105 Å². The summed E-state index contributed by atoms with van der Waals surface area (Å²) in [5.41, 5.74) is 4.08. The Balaban J connectivity index is 1.66. The monoisotopic (exact) mass is 492 g/mol. The predicted octanol–water partition coefficient (Wildman–Crippen LogP) is 4.61. The molecule has 3 N–H and O–H groups in total. The molecule has 2 amide bonds. The number of carbonyl (C=O) groups is 3. The van der Waals surface area contributed by atoms with Crippen molar-refractivity contribution in [3.05, 3.63) is 59.7 Å². The number of alkyl halides is 3. The first-order valence-electron chi connectivity index (χ1n) is 11.3. The van der Waals surface area contributed by atoms with Gasteiger partial charge in [0.25, 0.3) is 0 Å². The first-order chi connectivity index (χ1) is 16.6. The van der Waals surface area contributed by atoms with Crippen LogP contribution in [0.2, 0.25) is 0 Å². The van der Waals surface area contributed by atoms with E-state index < -0.39 is 42.7 Å². The number of unbranched alkanes of at least 4 members (excludes halogenated alkanes) is 1. The molecular weight excluding hydrogens is 465 g/mol. The van der Waals surface area contributed by atoms with Gasteiger partial charge in [0.15, 0.2) is 0 Å². The van der Waals surface area contributed by atoms with Crippen LogP contribution in [0.4, 0.5) is 18.0 Å². The molecule has 10 heteroatoms. The molecule has 0 saturated carbocycles. The van der Waals surface area contributed by atoms with Crippen LogP contribution in [0.25, 0.3) is 11.1 Å². The molecule has 188 valence electrons. The summed E-state index contributed by atoms with van der Waals surface area (Å²) in [4.78, 5) is 36.3. The van der Waals surface area contributed by atoms with Crippen molar-refractivity contribution < 1.29 is 37.4 Å². The fourth-order valence-corrected chi connectivity index (χ4v) is 4.16. The number of amides is 2. The van der Waals surface area contributed by atoms with E-state index in [1.54, 1.807) is 0 Å². The Hall–Kier alpha value is -3.56. The summed E-state index contributed by atoms with van der Waals surface area (Å²) in [5.74, 6) is -3.03. The Kier molecular flexibility index (Phi) is 8.37. The first-order valence-corrected chi connectivity index (χ1v) is 11.3. The van der Waals surface area contributed by atoms with Crippen molar-refractivity contribution in [1.82, 2.24) is 10.6 Å². The lowest BCUT2D eigenvalue weighted by molar-refractivity contribution is -0.160. The number of carboxylic acid groups (broad SMARTS) is 1. The number of nitrogens with one attached hydrogen (secondary N) is 2. The average Bonchev–Trinajstić information content (AvgIpc) is 3.12. The molecule has 2 aromatic rings. The van der Waals surface area contributed by atoms with Crippen LogP contribution in [-0.4, -0.2) is 47.9 Å². The van der Waals surface area contributed by atoms with Gasteiger partial charge in [0.1, 0.15) is 18.7 Å².